The molecule has 1 fully saturated rings. The summed E-state index contributed by atoms with van der Waals surface area (Å²) in [6.45, 7) is 6.55. The summed E-state index contributed by atoms with van der Waals surface area (Å²) in [5.74, 6) is 0. The van der Waals surface area contributed by atoms with Gasteiger partial charge in [-0.3, -0.25) is 0 Å². The number of anilines is 1. The first kappa shape index (κ1) is 13.8. The summed E-state index contributed by atoms with van der Waals surface area (Å²) in [6.07, 6.45) is 6.23. The molecule has 18 heavy (non-hydrogen) atoms. The first-order valence-corrected chi connectivity index (χ1v) is 7.99. The third-order valence-electron chi connectivity index (χ3n) is 3.40. The Labute approximate surface area is 115 Å². The fourth-order valence-electron chi connectivity index (χ4n) is 1.96. The van der Waals surface area contributed by atoms with Crippen LogP contribution in [0.5, 0.6) is 0 Å². The van der Waals surface area contributed by atoms with Crippen molar-refractivity contribution in [2.45, 2.75) is 58.5 Å². The molecule has 102 valence electrons. The molecule has 1 aromatic rings. The fraction of sp³-hybridized carbons (Fsp3) is 0.786. The molecule has 1 heterocycles. The average molecular weight is 267 g/mol. The van der Waals surface area contributed by atoms with E-state index in [0.29, 0.717) is 0 Å². The van der Waals surface area contributed by atoms with E-state index in [1.165, 1.54) is 41.4 Å². The molecule has 1 saturated carbocycles. The first-order valence-electron chi connectivity index (χ1n) is 7.17. The Morgan fingerprint density at radius 2 is 2.17 bits per heavy atom. The molecule has 1 aliphatic carbocycles. The van der Waals surface area contributed by atoms with E-state index in [2.05, 4.69) is 31.1 Å². The third kappa shape index (κ3) is 3.69. The molecule has 0 radical (unpaired) electrons. The first-order chi connectivity index (χ1) is 8.74. The van der Waals surface area contributed by atoms with E-state index in [4.69, 9.17) is 4.98 Å². The molecule has 1 aromatic heterocycles. The van der Waals surface area contributed by atoms with E-state index in [0.717, 1.165) is 25.6 Å². The van der Waals surface area contributed by atoms with E-state index in [9.17, 15) is 0 Å². The smallest absolute Gasteiger partial charge is 0.185 e. The van der Waals surface area contributed by atoms with E-state index < -0.39 is 0 Å². The van der Waals surface area contributed by atoms with E-state index >= 15 is 0 Å². The third-order valence-corrected chi connectivity index (χ3v) is 4.62. The zero-order chi connectivity index (χ0) is 13.0. The second kappa shape index (κ2) is 6.53. The Hall–Kier alpha value is -0.610. The van der Waals surface area contributed by atoms with Gasteiger partial charge in [0.2, 0.25) is 0 Å². The highest BCUT2D eigenvalue weighted by Crippen LogP contribution is 2.27. The lowest BCUT2D eigenvalue weighted by molar-refractivity contribution is 0.689. The Balaban J connectivity index is 1.97. The fourth-order valence-corrected chi connectivity index (χ4v) is 3.05. The summed E-state index contributed by atoms with van der Waals surface area (Å²) in [4.78, 5) is 8.52. The van der Waals surface area contributed by atoms with Gasteiger partial charge in [0.25, 0.3) is 0 Å². The Morgan fingerprint density at radius 1 is 1.39 bits per heavy atom. The zero-order valence-corrected chi connectivity index (χ0v) is 12.6. The number of aromatic nitrogens is 1. The summed E-state index contributed by atoms with van der Waals surface area (Å²) in [7, 11) is 2.16. The molecule has 2 rings (SSSR count). The maximum absolute atomic E-state index is 4.78. The van der Waals surface area contributed by atoms with Gasteiger partial charge in [0.1, 0.15) is 0 Å². The second-order valence-corrected chi connectivity index (χ2v) is 6.21. The topological polar surface area (TPSA) is 28.2 Å². The molecular formula is C14H25N3S. The molecule has 0 atom stereocenters. The van der Waals surface area contributed by atoms with Crippen molar-refractivity contribution >= 4 is 16.5 Å². The quantitative estimate of drug-likeness (QED) is 0.784. The van der Waals surface area contributed by atoms with Gasteiger partial charge in [-0.1, -0.05) is 20.3 Å². The van der Waals surface area contributed by atoms with E-state index in [1.54, 1.807) is 0 Å². The van der Waals surface area contributed by atoms with Crippen molar-refractivity contribution in [3.63, 3.8) is 0 Å². The van der Waals surface area contributed by atoms with Gasteiger partial charge in [0.15, 0.2) is 5.13 Å². The molecule has 3 nitrogen and oxygen atoms in total. The standard InChI is InChI=1S/C14H25N3S/c1-4-6-9-17(3)14-16-12(5-2)13(18-14)10-15-11-7-8-11/h11,15H,4-10H2,1-3H3. The molecule has 0 aliphatic heterocycles. The SMILES string of the molecule is CCCCN(C)c1nc(CC)c(CNC2CC2)s1. The predicted molar refractivity (Wildman–Crippen MR) is 79.5 cm³/mol. The van der Waals surface area contributed by atoms with Crippen LogP contribution in [0.25, 0.3) is 0 Å². The van der Waals surface area contributed by atoms with Crippen LogP contribution in [-0.2, 0) is 13.0 Å². The lowest BCUT2D eigenvalue weighted by Crippen LogP contribution is -2.17. The van der Waals surface area contributed by atoms with Crippen LogP contribution < -0.4 is 10.2 Å². The van der Waals surface area contributed by atoms with Gasteiger partial charge in [-0.2, -0.15) is 0 Å². The van der Waals surface area contributed by atoms with Gasteiger partial charge in [-0.15, -0.1) is 11.3 Å². The number of thiazole rings is 1. The predicted octanol–water partition coefficient (Wildman–Crippen LogP) is 3.19. The van der Waals surface area contributed by atoms with Gasteiger partial charge in [-0.05, 0) is 25.7 Å². The molecule has 0 spiro atoms. The van der Waals surface area contributed by atoms with Crippen LogP contribution in [0, 0.1) is 0 Å². The number of hydrogen-bond acceptors (Lipinski definition) is 4. The van der Waals surface area contributed by atoms with Gasteiger partial charge in [0.05, 0.1) is 5.69 Å². The number of nitrogens with one attached hydrogen (secondary N) is 1. The van der Waals surface area contributed by atoms with Crippen LogP contribution in [0.3, 0.4) is 0 Å². The van der Waals surface area contributed by atoms with Gasteiger partial charge in [-0.25, -0.2) is 4.98 Å². The van der Waals surface area contributed by atoms with Crippen LogP contribution in [-0.4, -0.2) is 24.6 Å². The highest BCUT2D eigenvalue weighted by Gasteiger charge is 2.21. The van der Waals surface area contributed by atoms with Crippen molar-refractivity contribution in [3.8, 4) is 0 Å². The monoisotopic (exact) mass is 267 g/mol. The Bertz CT molecular complexity index is 371. The van der Waals surface area contributed by atoms with Crippen molar-refractivity contribution in [2.24, 2.45) is 0 Å². The number of hydrogen-bond donors (Lipinski definition) is 1. The minimum absolute atomic E-state index is 0.776. The maximum atomic E-state index is 4.78. The lowest BCUT2D eigenvalue weighted by atomic mass is 10.3. The van der Waals surface area contributed by atoms with Crippen molar-refractivity contribution in [1.82, 2.24) is 10.3 Å². The van der Waals surface area contributed by atoms with Gasteiger partial charge >= 0.3 is 0 Å². The van der Waals surface area contributed by atoms with Crippen molar-refractivity contribution < 1.29 is 0 Å². The number of rotatable bonds is 8. The normalized spacial score (nSPS) is 15.1. The van der Waals surface area contributed by atoms with Crippen molar-refractivity contribution in [2.75, 3.05) is 18.5 Å². The van der Waals surface area contributed by atoms with E-state index in [1.807, 2.05) is 11.3 Å². The number of aryl methyl sites for hydroxylation is 1. The molecular weight excluding hydrogens is 242 g/mol. The number of nitrogens with zero attached hydrogens (tertiary/aromatic N) is 2. The van der Waals surface area contributed by atoms with Crippen molar-refractivity contribution in [1.29, 1.82) is 0 Å². The van der Waals surface area contributed by atoms with E-state index in [-0.39, 0.29) is 0 Å². The molecule has 0 amide bonds. The van der Waals surface area contributed by atoms with Gasteiger partial charge < -0.3 is 10.2 Å². The highest BCUT2D eigenvalue weighted by molar-refractivity contribution is 7.15. The molecule has 1 N–H and O–H groups in total. The molecule has 4 heteroatoms. The maximum Gasteiger partial charge on any atom is 0.185 e. The Kier molecular flexibility index (Phi) is 5.01. The average Bonchev–Trinajstić information content (AvgIpc) is 3.12. The summed E-state index contributed by atoms with van der Waals surface area (Å²) in [5, 5.41) is 4.78. The summed E-state index contributed by atoms with van der Waals surface area (Å²) < 4.78 is 0. The van der Waals surface area contributed by atoms with Crippen LogP contribution in [0.15, 0.2) is 0 Å². The molecule has 0 bridgehead atoms. The van der Waals surface area contributed by atoms with Crippen LogP contribution in [0.1, 0.15) is 50.1 Å². The molecule has 0 unspecified atom stereocenters. The zero-order valence-electron chi connectivity index (χ0n) is 11.8. The van der Waals surface area contributed by atoms with Crippen LogP contribution in [0.4, 0.5) is 5.13 Å². The summed E-state index contributed by atoms with van der Waals surface area (Å²) in [5.41, 5.74) is 1.28. The molecule has 1 aliphatic rings. The van der Waals surface area contributed by atoms with Crippen molar-refractivity contribution in [3.05, 3.63) is 10.6 Å². The largest absolute Gasteiger partial charge is 0.351 e. The second-order valence-electron chi connectivity index (χ2n) is 5.15. The molecule has 0 saturated heterocycles. The molecule has 0 aromatic carbocycles. The lowest BCUT2D eigenvalue weighted by Gasteiger charge is -2.14. The minimum Gasteiger partial charge on any atom is -0.351 e. The van der Waals surface area contributed by atoms with Crippen LogP contribution in [0.2, 0.25) is 0 Å². The highest BCUT2D eigenvalue weighted by atomic mass is 32.1. The van der Waals surface area contributed by atoms with Gasteiger partial charge in [0, 0.05) is 31.1 Å². The van der Waals surface area contributed by atoms with Crippen LogP contribution >= 0.6 is 11.3 Å². The number of unbranched alkanes of at least 4 members (excludes halogenated alkanes) is 1. The summed E-state index contributed by atoms with van der Waals surface area (Å²) in [6, 6.07) is 0.776. The minimum atomic E-state index is 0.776. The summed E-state index contributed by atoms with van der Waals surface area (Å²) >= 11 is 1.86. The Morgan fingerprint density at radius 3 is 2.78 bits per heavy atom.